The average molecular weight is 957 g/mol. The molecule has 0 amide bonds. The van der Waals surface area contributed by atoms with Crippen LogP contribution in [0.1, 0.15) is 213 Å². The van der Waals surface area contributed by atoms with Gasteiger partial charge in [0.05, 0.1) is 6.61 Å². The predicted octanol–water partition coefficient (Wildman–Crippen LogP) is 11.1. The Hall–Kier alpha value is -2.19. The van der Waals surface area contributed by atoms with Crippen molar-refractivity contribution in [2.45, 2.75) is 256 Å². The van der Waals surface area contributed by atoms with Crippen LogP contribution in [0.3, 0.4) is 0 Å². The van der Waals surface area contributed by atoms with E-state index in [1.807, 2.05) is 0 Å². The highest BCUT2D eigenvalue weighted by molar-refractivity contribution is 7.47. The van der Waals surface area contributed by atoms with Crippen LogP contribution in [0.25, 0.3) is 0 Å². The number of aliphatic hydroxyl groups excluding tert-OH is 5. The minimum atomic E-state index is -5.13. The van der Waals surface area contributed by atoms with Crippen molar-refractivity contribution in [2.75, 3.05) is 13.2 Å². The number of phosphoric acid groups is 1. The van der Waals surface area contributed by atoms with Gasteiger partial charge in [-0.15, -0.1) is 0 Å². The number of esters is 2. The van der Waals surface area contributed by atoms with Crippen molar-refractivity contribution in [3.05, 3.63) is 48.6 Å². The maximum Gasteiger partial charge on any atom is 0.472 e. The molecule has 6 N–H and O–H groups in total. The van der Waals surface area contributed by atoms with Crippen LogP contribution >= 0.6 is 7.82 Å². The molecule has 0 aliphatic heterocycles. The summed E-state index contributed by atoms with van der Waals surface area (Å²) < 4.78 is 33.6. The van der Waals surface area contributed by atoms with Crippen molar-refractivity contribution in [2.24, 2.45) is 0 Å². The lowest BCUT2D eigenvalue weighted by Crippen LogP contribution is -2.64. The maximum atomic E-state index is 12.8. The molecule has 14 heteroatoms. The molecule has 0 heterocycles. The molecule has 6 unspecified atom stereocenters. The van der Waals surface area contributed by atoms with Gasteiger partial charge in [0, 0.05) is 12.8 Å². The summed E-state index contributed by atoms with van der Waals surface area (Å²) in [6.07, 6.45) is 37.4. The Bertz CT molecular complexity index is 1340. The zero-order valence-electron chi connectivity index (χ0n) is 41.0. The molecule has 0 aromatic heterocycles. The molecule has 1 fully saturated rings. The van der Waals surface area contributed by atoms with Crippen molar-refractivity contribution < 1.29 is 63.1 Å². The van der Waals surface area contributed by atoms with E-state index in [1.165, 1.54) is 109 Å². The first-order valence-electron chi connectivity index (χ1n) is 25.9. The molecule has 384 valence electrons. The van der Waals surface area contributed by atoms with Crippen LogP contribution in [0.4, 0.5) is 0 Å². The summed E-state index contributed by atoms with van der Waals surface area (Å²) in [6, 6.07) is 0. The number of carbonyl (C=O) groups excluding carboxylic acids is 2. The fraction of sp³-hybridized carbons (Fsp3) is 0.808. The monoisotopic (exact) mass is 957 g/mol. The fourth-order valence-corrected chi connectivity index (χ4v) is 8.78. The van der Waals surface area contributed by atoms with Crippen molar-refractivity contribution in [1.29, 1.82) is 0 Å². The second-order valence-electron chi connectivity index (χ2n) is 18.0. The molecule has 0 aromatic carbocycles. The SMILES string of the molecule is CC/C=C/C/C=C/C/C=C/C/C=C/CCCCC(=O)OC[C@H](COP(=O)(O)OC1C(O)C(O)C(O)[C@@H](O)C1O)OC(=O)CCCCCCCCCCCCCCCCCCCCCCCC. The van der Waals surface area contributed by atoms with Gasteiger partial charge < -0.3 is 39.9 Å². The highest BCUT2D eigenvalue weighted by Crippen LogP contribution is 2.47. The molecule has 0 aromatic rings. The summed E-state index contributed by atoms with van der Waals surface area (Å²) in [7, 11) is -5.13. The number of unbranched alkanes of at least 4 members (excludes halogenated alkanes) is 23. The van der Waals surface area contributed by atoms with Crippen LogP contribution < -0.4 is 0 Å². The number of aliphatic hydroxyl groups is 5. The van der Waals surface area contributed by atoms with Gasteiger partial charge in [0.2, 0.25) is 0 Å². The summed E-state index contributed by atoms with van der Waals surface area (Å²) in [5.74, 6) is -1.14. The first-order valence-corrected chi connectivity index (χ1v) is 27.4. The average Bonchev–Trinajstić information content (AvgIpc) is 3.30. The summed E-state index contributed by atoms with van der Waals surface area (Å²) in [4.78, 5) is 35.8. The van der Waals surface area contributed by atoms with E-state index in [9.17, 15) is 44.6 Å². The number of hydrogen-bond acceptors (Lipinski definition) is 12. The summed E-state index contributed by atoms with van der Waals surface area (Å²) in [5.41, 5.74) is 0. The van der Waals surface area contributed by atoms with Gasteiger partial charge in [-0.1, -0.05) is 197 Å². The number of carbonyl (C=O) groups is 2. The molecule has 0 bridgehead atoms. The van der Waals surface area contributed by atoms with Crippen LogP contribution in [0.5, 0.6) is 0 Å². The van der Waals surface area contributed by atoms with Gasteiger partial charge in [0.15, 0.2) is 6.10 Å². The molecule has 1 aliphatic rings. The van der Waals surface area contributed by atoms with Gasteiger partial charge in [0.1, 0.15) is 43.2 Å². The van der Waals surface area contributed by atoms with Crippen molar-refractivity contribution in [3.63, 3.8) is 0 Å². The van der Waals surface area contributed by atoms with Gasteiger partial charge in [-0.25, -0.2) is 4.57 Å². The second-order valence-corrected chi connectivity index (χ2v) is 19.4. The molecule has 0 radical (unpaired) electrons. The summed E-state index contributed by atoms with van der Waals surface area (Å²) >= 11 is 0. The topological polar surface area (TPSA) is 210 Å². The number of allylic oxidation sites excluding steroid dienone is 8. The summed E-state index contributed by atoms with van der Waals surface area (Å²) in [6.45, 7) is 3.18. The van der Waals surface area contributed by atoms with Crippen molar-refractivity contribution in [3.8, 4) is 0 Å². The minimum absolute atomic E-state index is 0.0900. The van der Waals surface area contributed by atoms with E-state index < -0.39 is 75.7 Å². The fourth-order valence-electron chi connectivity index (χ4n) is 7.81. The van der Waals surface area contributed by atoms with E-state index in [1.54, 1.807) is 0 Å². The zero-order chi connectivity index (χ0) is 48.5. The lowest BCUT2D eigenvalue weighted by Gasteiger charge is -2.41. The Kier molecular flexibility index (Phi) is 39.1. The normalized spacial score (nSPS) is 21.6. The lowest BCUT2D eigenvalue weighted by molar-refractivity contribution is -0.220. The van der Waals surface area contributed by atoms with Crippen LogP contribution in [0, 0.1) is 0 Å². The second kappa shape index (κ2) is 41.8. The van der Waals surface area contributed by atoms with Crippen LogP contribution in [-0.2, 0) is 32.7 Å². The molecular weight excluding hydrogens is 864 g/mol. The Morgan fingerprint density at radius 2 is 0.864 bits per heavy atom. The zero-order valence-corrected chi connectivity index (χ0v) is 41.9. The number of ether oxygens (including phenoxy) is 2. The van der Waals surface area contributed by atoms with Crippen LogP contribution in [-0.4, -0.2) is 98.3 Å². The molecule has 0 saturated heterocycles. The molecule has 1 aliphatic carbocycles. The van der Waals surface area contributed by atoms with Gasteiger partial charge in [-0.2, -0.15) is 0 Å². The van der Waals surface area contributed by atoms with Crippen molar-refractivity contribution >= 4 is 19.8 Å². The Labute approximate surface area is 399 Å². The smallest absolute Gasteiger partial charge is 0.462 e. The molecule has 66 heavy (non-hydrogen) atoms. The maximum absolute atomic E-state index is 12.8. The van der Waals surface area contributed by atoms with E-state index >= 15 is 0 Å². The van der Waals surface area contributed by atoms with Crippen LogP contribution in [0.15, 0.2) is 48.6 Å². The highest BCUT2D eigenvalue weighted by atomic mass is 31.2. The van der Waals surface area contributed by atoms with Gasteiger partial charge in [0.25, 0.3) is 0 Å². The molecule has 1 saturated carbocycles. The first kappa shape index (κ1) is 61.8. The van der Waals surface area contributed by atoms with Crippen LogP contribution in [0.2, 0.25) is 0 Å². The first-order chi connectivity index (χ1) is 31.9. The molecule has 1 rings (SSSR count). The summed E-state index contributed by atoms with van der Waals surface area (Å²) in [5, 5.41) is 50.3. The third-order valence-corrected chi connectivity index (χ3v) is 12.9. The number of phosphoric ester groups is 1. The van der Waals surface area contributed by atoms with E-state index in [0.717, 1.165) is 64.2 Å². The van der Waals surface area contributed by atoms with Crippen molar-refractivity contribution in [1.82, 2.24) is 0 Å². The Morgan fingerprint density at radius 1 is 0.485 bits per heavy atom. The lowest BCUT2D eigenvalue weighted by atomic mass is 9.85. The highest BCUT2D eigenvalue weighted by Gasteiger charge is 2.51. The van der Waals surface area contributed by atoms with Gasteiger partial charge >= 0.3 is 19.8 Å². The predicted molar refractivity (Wildman–Crippen MR) is 263 cm³/mol. The molecule has 8 atom stereocenters. The largest absolute Gasteiger partial charge is 0.472 e. The Balaban J connectivity index is 2.39. The number of rotatable bonds is 43. The Morgan fingerprint density at radius 3 is 1.32 bits per heavy atom. The minimum Gasteiger partial charge on any atom is -0.462 e. The molecule has 0 spiro atoms. The third-order valence-electron chi connectivity index (χ3n) is 11.9. The standard InChI is InChI=1S/C52H93O13P/c1-3-5-7-9-11-13-15-17-19-20-21-22-23-24-25-27-29-31-33-35-37-39-41-46(54)64-44(43-63-66(60,61)65-52-50(58)48(56)47(55)49(57)51(52)59)42-62-45(53)40-38-36-34-32-30-28-26-18-16-14-12-10-8-6-4-2/h6,8,12,14,18,26,30,32,44,47-52,55-59H,3-5,7,9-11,13,15-17,19-25,27-29,31,33-43H2,1-2H3,(H,60,61)/b8-6+,14-12+,26-18+,32-30+/t44-,47?,48-,49?,50?,51?,52?/m1/s1. The number of hydrogen-bond donors (Lipinski definition) is 6. The van der Waals surface area contributed by atoms with E-state index in [0.29, 0.717) is 12.8 Å². The molecular formula is C52H93O13P. The van der Waals surface area contributed by atoms with E-state index in [2.05, 4.69) is 62.5 Å². The van der Waals surface area contributed by atoms with E-state index in [-0.39, 0.29) is 12.8 Å². The van der Waals surface area contributed by atoms with E-state index in [4.69, 9.17) is 18.5 Å². The van der Waals surface area contributed by atoms with Gasteiger partial charge in [-0.05, 0) is 51.4 Å². The van der Waals surface area contributed by atoms with Gasteiger partial charge in [-0.3, -0.25) is 18.6 Å². The third kappa shape index (κ3) is 33.3. The quantitative estimate of drug-likeness (QED) is 0.0146. The molecule has 13 nitrogen and oxygen atoms in total.